The van der Waals surface area contributed by atoms with Gasteiger partial charge in [-0.2, -0.15) is 4.98 Å². The monoisotopic (exact) mass is 294 g/mol. The van der Waals surface area contributed by atoms with E-state index < -0.39 is 0 Å². The summed E-state index contributed by atoms with van der Waals surface area (Å²) < 4.78 is 15.0. The molecule has 2 rings (SSSR count). The molecule has 0 fully saturated rings. The van der Waals surface area contributed by atoms with E-state index >= 15 is 0 Å². The van der Waals surface area contributed by atoms with Crippen LogP contribution in [0.4, 0.5) is 0 Å². The molecule has 0 spiro atoms. The van der Waals surface area contributed by atoms with E-state index in [1.807, 2.05) is 0 Å². The average Bonchev–Trinajstić information content (AvgIpc) is 3.04. The summed E-state index contributed by atoms with van der Waals surface area (Å²) in [6.45, 7) is 4.31. The average molecular weight is 294 g/mol. The maximum absolute atomic E-state index is 11.9. The first-order chi connectivity index (χ1) is 10.1. The first-order valence-electron chi connectivity index (χ1n) is 6.59. The van der Waals surface area contributed by atoms with Crippen molar-refractivity contribution in [1.82, 2.24) is 20.6 Å². The maximum Gasteiger partial charge on any atom is 0.246 e. The molecule has 0 aliphatic rings. The van der Waals surface area contributed by atoms with Gasteiger partial charge in [0.05, 0.1) is 25.3 Å². The van der Waals surface area contributed by atoms with E-state index in [1.54, 1.807) is 21.0 Å². The molecule has 1 N–H and O–H groups in total. The number of amides is 1. The van der Waals surface area contributed by atoms with Crippen molar-refractivity contribution in [2.24, 2.45) is 0 Å². The summed E-state index contributed by atoms with van der Waals surface area (Å²) in [4.78, 5) is 16.0. The van der Waals surface area contributed by atoms with Crippen molar-refractivity contribution in [3.63, 3.8) is 0 Å². The van der Waals surface area contributed by atoms with E-state index in [9.17, 15) is 4.79 Å². The molecule has 0 bridgehead atoms. The number of nitrogens with one attached hydrogen (secondary N) is 1. The molecule has 2 heterocycles. The van der Waals surface area contributed by atoms with Gasteiger partial charge in [-0.3, -0.25) is 4.79 Å². The zero-order valence-electron chi connectivity index (χ0n) is 12.3. The molecule has 1 amide bonds. The summed E-state index contributed by atoms with van der Waals surface area (Å²) in [6, 6.07) is 0. The van der Waals surface area contributed by atoms with Gasteiger partial charge < -0.3 is 19.1 Å². The van der Waals surface area contributed by atoms with Crippen molar-refractivity contribution in [2.45, 2.75) is 33.2 Å². The second-order valence-electron chi connectivity index (χ2n) is 4.60. The highest BCUT2D eigenvalue weighted by Gasteiger charge is 2.14. The van der Waals surface area contributed by atoms with Crippen LogP contribution in [0, 0.1) is 13.8 Å². The summed E-state index contributed by atoms with van der Waals surface area (Å²) in [5, 5.41) is 10.3. The van der Waals surface area contributed by atoms with E-state index in [0.29, 0.717) is 30.5 Å². The van der Waals surface area contributed by atoms with Crippen molar-refractivity contribution >= 4 is 5.91 Å². The smallest absolute Gasteiger partial charge is 0.246 e. The lowest BCUT2D eigenvalue weighted by atomic mass is 10.1. The second-order valence-corrected chi connectivity index (χ2v) is 4.60. The molecule has 0 radical (unpaired) electrons. The van der Waals surface area contributed by atoms with Gasteiger partial charge in [0.1, 0.15) is 5.76 Å². The minimum absolute atomic E-state index is 0.152. The Morgan fingerprint density at radius 3 is 2.76 bits per heavy atom. The number of aryl methyl sites for hydroxylation is 2. The second kappa shape index (κ2) is 6.98. The SMILES string of the molecule is COCCc1noc(CNC(=O)Cc2c(C)noc2C)n1. The van der Waals surface area contributed by atoms with Crippen LogP contribution in [0.1, 0.15) is 28.7 Å². The third kappa shape index (κ3) is 4.12. The minimum atomic E-state index is -0.152. The summed E-state index contributed by atoms with van der Waals surface area (Å²) in [7, 11) is 1.61. The molecule has 0 saturated heterocycles. The van der Waals surface area contributed by atoms with Crippen LogP contribution in [0.15, 0.2) is 9.05 Å². The lowest BCUT2D eigenvalue weighted by Gasteiger charge is -2.01. The zero-order chi connectivity index (χ0) is 15.2. The molecule has 0 unspecified atom stereocenters. The molecule has 0 saturated carbocycles. The van der Waals surface area contributed by atoms with Crippen molar-refractivity contribution in [1.29, 1.82) is 0 Å². The Hall–Kier alpha value is -2.22. The minimum Gasteiger partial charge on any atom is -0.384 e. The van der Waals surface area contributed by atoms with Crippen LogP contribution in [0.2, 0.25) is 0 Å². The molecule has 0 aromatic carbocycles. The number of methoxy groups -OCH3 is 1. The number of hydrogen-bond acceptors (Lipinski definition) is 7. The third-order valence-electron chi connectivity index (χ3n) is 3.00. The van der Waals surface area contributed by atoms with E-state index in [4.69, 9.17) is 13.8 Å². The van der Waals surface area contributed by atoms with Gasteiger partial charge in [0.25, 0.3) is 0 Å². The Kier molecular flexibility index (Phi) is 5.04. The van der Waals surface area contributed by atoms with Gasteiger partial charge in [0, 0.05) is 19.1 Å². The van der Waals surface area contributed by atoms with E-state index in [1.165, 1.54) is 0 Å². The lowest BCUT2D eigenvalue weighted by Crippen LogP contribution is -2.25. The number of carbonyl (C=O) groups is 1. The van der Waals surface area contributed by atoms with Gasteiger partial charge in [0.15, 0.2) is 5.82 Å². The van der Waals surface area contributed by atoms with Gasteiger partial charge in [0.2, 0.25) is 11.8 Å². The Morgan fingerprint density at radius 1 is 1.29 bits per heavy atom. The summed E-state index contributed by atoms with van der Waals surface area (Å²) in [6.07, 6.45) is 0.791. The molecule has 8 heteroatoms. The normalized spacial score (nSPS) is 10.8. The molecule has 0 aliphatic carbocycles. The van der Waals surface area contributed by atoms with Crippen molar-refractivity contribution in [3.8, 4) is 0 Å². The largest absolute Gasteiger partial charge is 0.384 e. The molecular weight excluding hydrogens is 276 g/mol. The number of hydrogen-bond donors (Lipinski definition) is 1. The predicted molar refractivity (Wildman–Crippen MR) is 71.4 cm³/mol. The fourth-order valence-corrected chi connectivity index (χ4v) is 1.81. The topological polar surface area (TPSA) is 103 Å². The number of nitrogens with zero attached hydrogens (tertiary/aromatic N) is 3. The highest BCUT2D eigenvalue weighted by molar-refractivity contribution is 5.78. The van der Waals surface area contributed by atoms with E-state index in [-0.39, 0.29) is 18.9 Å². The fraction of sp³-hybridized carbons (Fsp3) is 0.538. The fourth-order valence-electron chi connectivity index (χ4n) is 1.81. The van der Waals surface area contributed by atoms with Crippen LogP contribution < -0.4 is 5.32 Å². The van der Waals surface area contributed by atoms with Crippen molar-refractivity contribution < 1.29 is 18.6 Å². The molecule has 8 nitrogen and oxygen atoms in total. The molecular formula is C13H18N4O4. The van der Waals surface area contributed by atoms with Crippen LogP contribution in [0.3, 0.4) is 0 Å². The highest BCUT2D eigenvalue weighted by atomic mass is 16.5. The van der Waals surface area contributed by atoms with Crippen LogP contribution in [-0.4, -0.2) is 34.9 Å². The van der Waals surface area contributed by atoms with E-state index in [0.717, 1.165) is 11.3 Å². The van der Waals surface area contributed by atoms with Crippen LogP contribution in [0.25, 0.3) is 0 Å². The number of carbonyl (C=O) groups excluding carboxylic acids is 1. The molecule has 114 valence electrons. The highest BCUT2D eigenvalue weighted by Crippen LogP contribution is 2.12. The molecule has 0 atom stereocenters. The number of aromatic nitrogens is 3. The summed E-state index contributed by atoms with van der Waals surface area (Å²) in [5.74, 6) is 1.43. The van der Waals surface area contributed by atoms with Gasteiger partial charge in [-0.25, -0.2) is 0 Å². The molecule has 0 aliphatic heterocycles. The van der Waals surface area contributed by atoms with Gasteiger partial charge in [-0.05, 0) is 13.8 Å². The lowest BCUT2D eigenvalue weighted by molar-refractivity contribution is -0.120. The van der Waals surface area contributed by atoms with Crippen LogP contribution in [-0.2, 0) is 28.9 Å². The first-order valence-corrected chi connectivity index (χ1v) is 6.59. The molecule has 2 aromatic heterocycles. The van der Waals surface area contributed by atoms with Gasteiger partial charge in [-0.1, -0.05) is 10.3 Å². The van der Waals surface area contributed by atoms with Gasteiger partial charge in [-0.15, -0.1) is 0 Å². The van der Waals surface area contributed by atoms with Crippen molar-refractivity contribution in [3.05, 3.63) is 28.7 Å². The van der Waals surface area contributed by atoms with Crippen LogP contribution >= 0.6 is 0 Å². The standard InChI is InChI=1S/C13H18N4O4/c1-8-10(9(2)20-16-8)6-12(18)14-7-13-15-11(17-21-13)4-5-19-3/h4-7H2,1-3H3,(H,14,18). The maximum atomic E-state index is 11.9. The predicted octanol–water partition coefficient (Wildman–Crippen LogP) is 0.722. The number of rotatable bonds is 7. The summed E-state index contributed by atoms with van der Waals surface area (Å²) >= 11 is 0. The summed E-state index contributed by atoms with van der Waals surface area (Å²) in [5.41, 5.74) is 1.53. The Balaban J connectivity index is 1.82. The molecule has 2 aromatic rings. The number of ether oxygens (including phenoxy) is 1. The van der Waals surface area contributed by atoms with Crippen LogP contribution in [0.5, 0.6) is 0 Å². The Morgan fingerprint density at radius 2 is 2.10 bits per heavy atom. The molecule has 21 heavy (non-hydrogen) atoms. The quantitative estimate of drug-likeness (QED) is 0.802. The Labute approximate surface area is 121 Å². The third-order valence-corrected chi connectivity index (χ3v) is 3.00. The first kappa shape index (κ1) is 15.2. The van der Waals surface area contributed by atoms with E-state index in [2.05, 4.69) is 20.6 Å². The Bertz CT molecular complexity index is 586. The van der Waals surface area contributed by atoms with Crippen molar-refractivity contribution in [2.75, 3.05) is 13.7 Å². The zero-order valence-corrected chi connectivity index (χ0v) is 12.3. The van der Waals surface area contributed by atoms with Gasteiger partial charge >= 0.3 is 0 Å².